The molecular weight excluding hydrogens is 420 g/mol. The van der Waals surface area contributed by atoms with Crippen molar-refractivity contribution in [1.29, 1.82) is 0 Å². The van der Waals surface area contributed by atoms with E-state index in [0.717, 1.165) is 0 Å². The average Bonchev–Trinajstić information content (AvgIpc) is 3.24. The van der Waals surface area contributed by atoms with E-state index in [9.17, 15) is 24.5 Å². The normalized spacial score (nSPS) is 16.2. The van der Waals surface area contributed by atoms with Crippen LogP contribution >= 0.6 is 0 Å². The van der Waals surface area contributed by atoms with E-state index >= 15 is 0 Å². The van der Waals surface area contributed by atoms with Gasteiger partial charge in [-0.25, -0.2) is 9.59 Å². The van der Waals surface area contributed by atoms with Crippen molar-refractivity contribution in [1.82, 2.24) is 4.90 Å². The van der Waals surface area contributed by atoms with Crippen LogP contribution in [0.25, 0.3) is 0 Å². The zero-order valence-corrected chi connectivity index (χ0v) is 17.8. The molecule has 2 heterocycles. The maximum Gasteiger partial charge on any atom is 0.373 e. The molecule has 0 radical (unpaired) electrons. The molecule has 1 aliphatic heterocycles. The Morgan fingerprint density at radius 2 is 2.00 bits per heavy atom. The molecule has 0 saturated heterocycles. The number of nitrogens with zero attached hydrogens (tertiary/aromatic N) is 2. The van der Waals surface area contributed by atoms with Gasteiger partial charge in [0.15, 0.2) is 0 Å². The lowest BCUT2D eigenvalue weighted by atomic mass is 9.83. The minimum atomic E-state index is -0.695. The Morgan fingerprint density at radius 1 is 1.25 bits per heavy atom. The lowest BCUT2D eigenvalue weighted by molar-refractivity contribution is -0.384. The van der Waals surface area contributed by atoms with Crippen molar-refractivity contribution in [3.8, 4) is 0 Å². The number of carbonyl (C=O) groups excluding carboxylic acids is 3. The molecule has 0 bridgehead atoms. The van der Waals surface area contributed by atoms with Crippen LogP contribution < -0.4 is 0 Å². The quantitative estimate of drug-likeness (QED) is 0.363. The summed E-state index contributed by atoms with van der Waals surface area (Å²) in [6.07, 6.45) is -0.0861. The highest BCUT2D eigenvalue weighted by atomic mass is 16.6. The number of nitro benzene ring substituents is 1. The molecule has 1 atom stereocenters. The number of carbonyl (C=O) groups is 3. The maximum absolute atomic E-state index is 13.0. The first-order valence-corrected chi connectivity index (χ1v) is 9.86. The zero-order chi connectivity index (χ0) is 23.4. The highest BCUT2D eigenvalue weighted by Gasteiger charge is 2.37. The van der Waals surface area contributed by atoms with Crippen molar-refractivity contribution in [3.63, 3.8) is 0 Å². The van der Waals surface area contributed by atoms with Gasteiger partial charge in [0.05, 0.1) is 30.8 Å². The maximum atomic E-state index is 13.0. The number of benzene rings is 1. The molecule has 0 fully saturated rings. The Morgan fingerprint density at radius 3 is 2.66 bits per heavy atom. The van der Waals surface area contributed by atoms with E-state index in [0.29, 0.717) is 17.0 Å². The van der Waals surface area contributed by atoms with Crippen molar-refractivity contribution in [2.75, 3.05) is 13.7 Å². The minimum absolute atomic E-state index is 0.00585. The SMILES string of the molecule is CCOC(=O)C1=C(C)N(Cc2ccc(C(=O)OC)o2)C(=O)CC1c1cccc([N+](=O)[O-])c1. The molecule has 1 aromatic heterocycles. The number of amides is 1. The molecule has 1 unspecified atom stereocenters. The number of nitro groups is 1. The number of ether oxygens (including phenoxy) is 2. The number of rotatable bonds is 7. The van der Waals surface area contributed by atoms with Crippen molar-refractivity contribution >= 4 is 23.5 Å². The molecule has 0 spiro atoms. The van der Waals surface area contributed by atoms with Gasteiger partial charge >= 0.3 is 11.9 Å². The van der Waals surface area contributed by atoms with E-state index in [-0.39, 0.29) is 42.5 Å². The number of allylic oxidation sites excluding steroid dienone is 1. The molecule has 1 amide bonds. The summed E-state index contributed by atoms with van der Waals surface area (Å²) in [5.41, 5.74) is 0.934. The van der Waals surface area contributed by atoms with E-state index in [1.165, 1.54) is 36.3 Å². The third kappa shape index (κ3) is 4.53. The van der Waals surface area contributed by atoms with Gasteiger partial charge in [-0.15, -0.1) is 0 Å². The minimum Gasteiger partial charge on any atom is -0.463 e. The lowest BCUT2D eigenvalue weighted by Crippen LogP contribution is -2.38. The Kier molecular flexibility index (Phi) is 6.72. The van der Waals surface area contributed by atoms with Crippen LogP contribution in [0.3, 0.4) is 0 Å². The summed E-state index contributed by atoms with van der Waals surface area (Å²) < 4.78 is 15.3. The van der Waals surface area contributed by atoms with Crippen LogP contribution in [0.4, 0.5) is 5.69 Å². The summed E-state index contributed by atoms with van der Waals surface area (Å²) in [6.45, 7) is 3.40. The van der Waals surface area contributed by atoms with E-state index in [1.54, 1.807) is 26.0 Å². The fraction of sp³-hybridized carbons (Fsp3) is 0.318. The molecule has 32 heavy (non-hydrogen) atoms. The predicted octanol–water partition coefficient (Wildman–Crippen LogP) is 3.33. The third-order valence-corrected chi connectivity index (χ3v) is 5.16. The van der Waals surface area contributed by atoms with Gasteiger partial charge in [0.2, 0.25) is 11.7 Å². The highest BCUT2D eigenvalue weighted by Crippen LogP contribution is 2.38. The number of hydrogen-bond acceptors (Lipinski definition) is 8. The van der Waals surface area contributed by atoms with Crippen molar-refractivity contribution in [3.05, 3.63) is 74.9 Å². The monoisotopic (exact) mass is 442 g/mol. The van der Waals surface area contributed by atoms with E-state index in [1.807, 2.05) is 0 Å². The molecule has 168 valence electrons. The Bertz CT molecular complexity index is 1100. The molecule has 10 heteroatoms. The van der Waals surface area contributed by atoms with Gasteiger partial charge in [-0.3, -0.25) is 14.9 Å². The van der Waals surface area contributed by atoms with Gasteiger partial charge < -0.3 is 18.8 Å². The summed E-state index contributed by atoms with van der Waals surface area (Å²) in [4.78, 5) is 49.5. The van der Waals surface area contributed by atoms with Gasteiger partial charge in [0.25, 0.3) is 5.69 Å². The second-order valence-electron chi connectivity index (χ2n) is 7.07. The average molecular weight is 442 g/mol. The number of esters is 2. The predicted molar refractivity (Wildman–Crippen MR) is 110 cm³/mol. The Hall–Kier alpha value is -3.95. The summed E-state index contributed by atoms with van der Waals surface area (Å²) >= 11 is 0. The van der Waals surface area contributed by atoms with E-state index < -0.39 is 22.8 Å². The largest absolute Gasteiger partial charge is 0.463 e. The Balaban J connectivity index is 2.01. The number of hydrogen-bond donors (Lipinski definition) is 0. The number of furan rings is 1. The first-order chi connectivity index (χ1) is 15.3. The van der Waals surface area contributed by atoms with Crippen LogP contribution in [0.5, 0.6) is 0 Å². The van der Waals surface area contributed by atoms with E-state index in [4.69, 9.17) is 9.15 Å². The first-order valence-electron chi connectivity index (χ1n) is 9.86. The molecule has 1 aromatic carbocycles. The van der Waals surface area contributed by atoms with Gasteiger partial charge in [0, 0.05) is 30.2 Å². The smallest absolute Gasteiger partial charge is 0.373 e. The number of non-ortho nitro benzene ring substituents is 1. The Labute approximate surface area is 183 Å². The van der Waals surface area contributed by atoms with Crippen LogP contribution in [-0.2, 0) is 25.6 Å². The zero-order valence-electron chi connectivity index (χ0n) is 17.8. The van der Waals surface area contributed by atoms with Crippen LogP contribution in [0.2, 0.25) is 0 Å². The topological polar surface area (TPSA) is 129 Å². The standard InChI is InChI=1S/C22H22N2O8/c1-4-31-22(27)20-13(2)23(12-16-8-9-18(32-16)21(26)30-3)19(25)11-17(20)14-6-5-7-15(10-14)24(28)29/h5-10,17H,4,11-12H2,1-3H3. The fourth-order valence-electron chi connectivity index (χ4n) is 3.65. The summed E-state index contributed by atoms with van der Waals surface area (Å²) in [5, 5.41) is 11.2. The van der Waals surface area contributed by atoms with Crippen molar-refractivity contribution < 1.29 is 33.2 Å². The molecule has 2 aromatic rings. The van der Waals surface area contributed by atoms with Gasteiger partial charge in [-0.05, 0) is 31.5 Å². The van der Waals surface area contributed by atoms with E-state index in [2.05, 4.69) is 4.74 Å². The molecule has 0 N–H and O–H groups in total. The van der Waals surface area contributed by atoms with Crippen molar-refractivity contribution in [2.45, 2.75) is 32.7 Å². The van der Waals surface area contributed by atoms with Crippen LogP contribution in [0, 0.1) is 10.1 Å². The lowest BCUT2D eigenvalue weighted by Gasteiger charge is -2.34. The summed E-state index contributed by atoms with van der Waals surface area (Å²) in [6, 6.07) is 8.84. The van der Waals surface area contributed by atoms with Crippen molar-refractivity contribution in [2.24, 2.45) is 0 Å². The molecule has 0 saturated carbocycles. The second-order valence-corrected chi connectivity index (χ2v) is 7.07. The third-order valence-electron chi connectivity index (χ3n) is 5.16. The van der Waals surface area contributed by atoms with Gasteiger partial charge in [0.1, 0.15) is 5.76 Å². The van der Waals surface area contributed by atoms with Gasteiger partial charge in [-0.1, -0.05) is 12.1 Å². The molecule has 1 aliphatic rings. The van der Waals surface area contributed by atoms with Crippen LogP contribution in [0.15, 0.2) is 52.1 Å². The molecular formula is C22H22N2O8. The highest BCUT2D eigenvalue weighted by molar-refractivity contribution is 5.96. The summed E-state index contributed by atoms with van der Waals surface area (Å²) in [7, 11) is 1.23. The first kappa shape index (κ1) is 22.7. The number of methoxy groups -OCH3 is 1. The second kappa shape index (κ2) is 9.46. The molecule has 0 aliphatic carbocycles. The molecule has 10 nitrogen and oxygen atoms in total. The van der Waals surface area contributed by atoms with Gasteiger partial charge in [-0.2, -0.15) is 0 Å². The fourth-order valence-corrected chi connectivity index (χ4v) is 3.65. The van der Waals surface area contributed by atoms with Crippen LogP contribution in [0.1, 0.15) is 48.1 Å². The summed E-state index contributed by atoms with van der Waals surface area (Å²) in [5.74, 6) is -1.92. The van der Waals surface area contributed by atoms with Crippen LogP contribution in [-0.4, -0.2) is 41.4 Å². The molecule has 3 rings (SSSR count).